The molecule has 2 aliphatic rings. The number of fused-ring (bicyclic) bond motifs is 1. The molecule has 0 aromatic heterocycles. The molecule has 1 aromatic carbocycles. The molecule has 4 heteroatoms. The van der Waals surface area contributed by atoms with Crippen molar-refractivity contribution < 1.29 is 0 Å². The molecule has 0 spiro atoms. The molecule has 78 valence electrons. The minimum atomic E-state index is 0.428. The summed E-state index contributed by atoms with van der Waals surface area (Å²) >= 11 is 0.428. The molecular weight excluding hydrogens is 283 g/mol. The van der Waals surface area contributed by atoms with Gasteiger partial charge in [-0.05, 0) is 0 Å². The number of para-hydroxylation sites is 1. The molecule has 1 aromatic rings. The summed E-state index contributed by atoms with van der Waals surface area (Å²) in [7, 11) is 1.66. The molecule has 0 fully saturated rings. The van der Waals surface area contributed by atoms with Gasteiger partial charge >= 0.3 is 102 Å². The molecule has 0 saturated carbocycles. The quantitative estimate of drug-likeness (QED) is 0.633. The zero-order valence-electron chi connectivity index (χ0n) is 8.33. The standard InChI is InChI=1S/C12H8N2SSe/c1-2-4-9(5-3-1)13-10-6-7-11-12(8-10)16-15-14-11/h1-8H. The van der Waals surface area contributed by atoms with E-state index in [1.165, 1.54) is 4.44 Å². The number of nitrogens with zero attached hydrogens (tertiary/aromatic N) is 2. The predicted molar refractivity (Wildman–Crippen MR) is 67.3 cm³/mol. The first-order valence-electron chi connectivity index (χ1n) is 4.87. The van der Waals surface area contributed by atoms with Gasteiger partial charge in [0.25, 0.3) is 0 Å². The van der Waals surface area contributed by atoms with Crippen molar-refractivity contribution in [3.05, 3.63) is 53.9 Å². The van der Waals surface area contributed by atoms with E-state index in [0.717, 1.165) is 16.7 Å². The van der Waals surface area contributed by atoms with Gasteiger partial charge in [-0.2, -0.15) is 0 Å². The Morgan fingerprint density at radius 2 is 1.94 bits per heavy atom. The Morgan fingerprint density at radius 3 is 2.81 bits per heavy atom. The summed E-state index contributed by atoms with van der Waals surface area (Å²) in [4.78, 5) is 4.58. The van der Waals surface area contributed by atoms with Crippen molar-refractivity contribution in [2.75, 3.05) is 0 Å². The van der Waals surface area contributed by atoms with E-state index in [-0.39, 0.29) is 0 Å². The summed E-state index contributed by atoms with van der Waals surface area (Å²) in [6.07, 6.45) is 0. The van der Waals surface area contributed by atoms with Crippen LogP contribution in [0.3, 0.4) is 0 Å². The Kier molecular flexibility index (Phi) is 2.70. The minimum absolute atomic E-state index is 0.428. The monoisotopic (exact) mass is 292 g/mol. The average Bonchev–Trinajstić information content (AvgIpc) is 2.77. The van der Waals surface area contributed by atoms with E-state index >= 15 is 0 Å². The third-order valence-electron chi connectivity index (χ3n) is 2.22. The van der Waals surface area contributed by atoms with E-state index in [1.54, 1.807) is 9.91 Å². The molecule has 16 heavy (non-hydrogen) atoms. The van der Waals surface area contributed by atoms with Gasteiger partial charge in [-0.1, -0.05) is 0 Å². The third-order valence-corrected chi connectivity index (χ3v) is 5.50. The second kappa shape index (κ2) is 4.34. The maximum atomic E-state index is 4.58. The van der Waals surface area contributed by atoms with E-state index in [0.29, 0.717) is 13.3 Å². The van der Waals surface area contributed by atoms with Crippen LogP contribution in [-0.4, -0.2) is 17.7 Å². The van der Waals surface area contributed by atoms with Gasteiger partial charge in [0, 0.05) is 0 Å². The van der Waals surface area contributed by atoms with E-state index in [9.17, 15) is 0 Å². The molecule has 0 amide bonds. The van der Waals surface area contributed by atoms with Crippen LogP contribution in [-0.2, 0) is 0 Å². The normalized spacial score (nSPS) is 12.1. The molecule has 0 saturated heterocycles. The molecular formula is C12H8N2SSe. The molecule has 1 aliphatic heterocycles. The Hall–Kier alpha value is -1.22. The van der Waals surface area contributed by atoms with E-state index in [4.69, 9.17) is 0 Å². The molecule has 0 atom stereocenters. The zero-order valence-corrected chi connectivity index (χ0v) is 10.9. The van der Waals surface area contributed by atoms with Gasteiger partial charge in [0.1, 0.15) is 0 Å². The van der Waals surface area contributed by atoms with Crippen LogP contribution in [0.4, 0.5) is 5.69 Å². The summed E-state index contributed by atoms with van der Waals surface area (Å²) in [5, 5.41) is 1.02. The molecule has 1 aliphatic carbocycles. The average molecular weight is 291 g/mol. The van der Waals surface area contributed by atoms with Crippen LogP contribution in [0.25, 0.3) is 10.1 Å². The number of benzene rings is 2. The van der Waals surface area contributed by atoms with Crippen molar-refractivity contribution in [2.24, 2.45) is 4.99 Å². The first-order chi connectivity index (χ1) is 7.92. The van der Waals surface area contributed by atoms with Gasteiger partial charge in [-0.15, -0.1) is 0 Å². The topological polar surface area (TPSA) is 25.2 Å². The third kappa shape index (κ3) is 2.00. The molecule has 0 N–H and O–H groups in total. The van der Waals surface area contributed by atoms with Crippen LogP contribution in [0.2, 0.25) is 0 Å². The molecule has 2 nitrogen and oxygen atoms in total. The van der Waals surface area contributed by atoms with Crippen molar-refractivity contribution >= 4 is 28.9 Å². The van der Waals surface area contributed by atoms with Crippen molar-refractivity contribution in [2.45, 2.75) is 0 Å². The van der Waals surface area contributed by atoms with Crippen LogP contribution in [0, 0.1) is 0 Å². The second-order valence-electron chi connectivity index (χ2n) is 3.35. The van der Waals surface area contributed by atoms with E-state index in [2.05, 4.69) is 21.5 Å². The number of aromatic nitrogens is 1. The summed E-state index contributed by atoms with van der Waals surface area (Å²) in [6, 6.07) is 16.2. The number of hydrogen-bond acceptors (Lipinski definition) is 3. The van der Waals surface area contributed by atoms with Gasteiger partial charge in [0.15, 0.2) is 0 Å². The fourth-order valence-electron chi connectivity index (χ4n) is 1.47. The second-order valence-corrected chi connectivity index (χ2v) is 6.76. The van der Waals surface area contributed by atoms with Crippen molar-refractivity contribution in [1.29, 1.82) is 0 Å². The summed E-state index contributed by atoms with van der Waals surface area (Å²) < 4.78 is 5.69. The van der Waals surface area contributed by atoms with Crippen LogP contribution >= 0.6 is 9.91 Å². The Morgan fingerprint density at radius 1 is 1.06 bits per heavy atom. The van der Waals surface area contributed by atoms with Crippen LogP contribution < -0.4 is 5.36 Å². The fraction of sp³-hybridized carbons (Fsp3) is 0. The summed E-state index contributed by atoms with van der Waals surface area (Å²) in [6.45, 7) is 0. The Labute approximate surface area is 102 Å². The van der Waals surface area contributed by atoms with E-state index in [1.807, 2.05) is 36.4 Å². The molecule has 0 radical (unpaired) electrons. The summed E-state index contributed by atoms with van der Waals surface area (Å²) in [5.41, 5.74) is 2.12. The SMILES string of the molecule is c1ccc(N=c2ccc3ns[se]c-3c2)cc1. The van der Waals surface area contributed by atoms with Gasteiger partial charge in [0.05, 0.1) is 0 Å². The number of rotatable bonds is 1. The van der Waals surface area contributed by atoms with Crippen LogP contribution in [0.5, 0.6) is 0 Å². The van der Waals surface area contributed by atoms with Gasteiger partial charge in [-0.3, -0.25) is 0 Å². The van der Waals surface area contributed by atoms with Crippen molar-refractivity contribution in [3.8, 4) is 10.1 Å². The Bertz CT molecular complexity index is 627. The molecule has 3 rings (SSSR count). The van der Waals surface area contributed by atoms with Crippen LogP contribution in [0.15, 0.2) is 53.5 Å². The van der Waals surface area contributed by atoms with Crippen LogP contribution in [0.1, 0.15) is 0 Å². The maximum absolute atomic E-state index is 4.58. The predicted octanol–water partition coefficient (Wildman–Crippen LogP) is 2.54. The van der Waals surface area contributed by atoms with E-state index < -0.39 is 0 Å². The summed E-state index contributed by atoms with van der Waals surface area (Å²) in [5.74, 6) is 0. The van der Waals surface area contributed by atoms with Gasteiger partial charge in [0.2, 0.25) is 0 Å². The fourth-order valence-corrected chi connectivity index (χ4v) is 4.66. The van der Waals surface area contributed by atoms with Gasteiger partial charge in [-0.25, -0.2) is 0 Å². The van der Waals surface area contributed by atoms with Gasteiger partial charge < -0.3 is 0 Å². The van der Waals surface area contributed by atoms with Crippen molar-refractivity contribution in [1.82, 2.24) is 4.37 Å². The first-order valence-corrected chi connectivity index (χ1v) is 8.53. The number of hydrogen-bond donors (Lipinski definition) is 0. The molecule has 0 unspecified atom stereocenters. The molecule has 1 heterocycles. The van der Waals surface area contributed by atoms with Crippen molar-refractivity contribution in [3.63, 3.8) is 0 Å². The first kappa shape index (κ1) is 9.97. The zero-order chi connectivity index (χ0) is 10.8. The molecule has 0 bridgehead atoms. The Balaban J connectivity index is 2.13.